The standard InChI is InChI=1S/C17H39NO3Si2/c1-9-23(10-2,11-3)21-17(19)16(4)15-18(5)13-12-14-22(7,8)20-6/h16H,9-15H2,1-8H3. The summed E-state index contributed by atoms with van der Waals surface area (Å²) in [4.78, 5) is 14.7. The van der Waals surface area contributed by atoms with Gasteiger partial charge in [0, 0.05) is 13.7 Å². The largest absolute Gasteiger partial charge is 0.519 e. The lowest BCUT2D eigenvalue weighted by molar-refractivity contribution is -0.139. The van der Waals surface area contributed by atoms with Crippen LogP contribution in [0.5, 0.6) is 0 Å². The fourth-order valence-corrected chi connectivity index (χ4v) is 6.57. The van der Waals surface area contributed by atoms with Crippen LogP contribution >= 0.6 is 0 Å². The van der Waals surface area contributed by atoms with Crippen molar-refractivity contribution in [2.75, 3.05) is 27.2 Å². The Hall–Kier alpha value is -0.176. The highest BCUT2D eigenvalue weighted by molar-refractivity contribution is 6.75. The quantitative estimate of drug-likeness (QED) is 0.485. The highest BCUT2D eigenvalue weighted by atomic mass is 28.4. The second kappa shape index (κ2) is 10.6. The zero-order valence-electron chi connectivity index (χ0n) is 16.7. The summed E-state index contributed by atoms with van der Waals surface area (Å²) >= 11 is 0. The predicted molar refractivity (Wildman–Crippen MR) is 104 cm³/mol. The zero-order chi connectivity index (χ0) is 18.1. The van der Waals surface area contributed by atoms with Crippen LogP contribution in [0.2, 0.25) is 37.3 Å². The van der Waals surface area contributed by atoms with Crippen molar-refractivity contribution >= 4 is 22.6 Å². The Balaban J connectivity index is 4.30. The molecule has 6 heteroatoms. The van der Waals surface area contributed by atoms with Crippen molar-refractivity contribution in [1.29, 1.82) is 0 Å². The number of nitrogens with zero attached hydrogens (tertiary/aromatic N) is 1. The summed E-state index contributed by atoms with van der Waals surface area (Å²) in [6.07, 6.45) is 1.13. The first-order valence-electron chi connectivity index (χ1n) is 9.11. The molecule has 0 rings (SSSR count). The first kappa shape index (κ1) is 22.8. The molecule has 0 aromatic rings. The molecule has 0 aromatic heterocycles. The number of carbonyl (C=O) groups is 1. The molecular weight excluding hydrogens is 322 g/mol. The van der Waals surface area contributed by atoms with Crippen LogP contribution in [0.1, 0.15) is 34.1 Å². The van der Waals surface area contributed by atoms with Crippen LogP contribution in [0.15, 0.2) is 0 Å². The van der Waals surface area contributed by atoms with Crippen LogP contribution in [0.4, 0.5) is 0 Å². The first-order chi connectivity index (χ1) is 10.6. The number of hydrogen-bond donors (Lipinski definition) is 0. The normalized spacial score (nSPS) is 14.1. The van der Waals surface area contributed by atoms with E-state index >= 15 is 0 Å². The summed E-state index contributed by atoms with van der Waals surface area (Å²) in [7, 11) is 0.618. The lowest BCUT2D eigenvalue weighted by Gasteiger charge is -2.30. The second-order valence-electron chi connectivity index (χ2n) is 7.40. The number of hydrogen-bond acceptors (Lipinski definition) is 4. The third kappa shape index (κ3) is 8.47. The Labute approximate surface area is 146 Å². The molecule has 0 heterocycles. The molecule has 0 aromatic carbocycles. The fraction of sp³-hybridized carbons (Fsp3) is 0.941. The van der Waals surface area contributed by atoms with E-state index < -0.39 is 16.6 Å². The minimum atomic E-state index is -1.83. The van der Waals surface area contributed by atoms with Gasteiger partial charge in [-0.05, 0) is 57.3 Å². The Morgan fingerprint density at radius 1 is 1.13 bits per heavy atom. The molecule has 0 radical (unpaired) electrons. The first-order valence-corrected chi connectivity index (χ1v) is 14.8. The van der Waals surface area contributed by atoms with Gasteiger partial charge in [0.05, 0.1) is 5.92 Å². The third-order valence-electron chi connectivity index (χ3n) is 5.11. The fourth-order valence-electron chi connectivity index (χ4n) is 2.79. The summed E-state index contributed by atoms with van der Waals surface area (Å²) < 4.78 is 11.6. The van der Waals surface area contributed by atoms with E-state index in [1.807, 2.05) is 14.0 Å². The molecule has 0 aliphatic heterocycles. The molecule has 0 aliphatic carbocycles. The van der Waals surface area contributed by atoms with Crippen LogP contribution in [-0.2, 0) is 13.6 Å². The topological polar surface area (TPSA) is 38.8 Å². The van der Waals surface area contributed by atoms with Gasteiger partial charge in [-0.1, -0.05) is 27.7 Å². The van der Waals surface area contributed by atoms with Crippen molar-refractivity contribution in [3.05, 3.63) is 0 Å². The smallest absolute Gasteiger partial charge is 0.296 e. The molecule has 0 saturated heterocycles. The van der Waals surface area contributed by atoms with E-state index in [0.29, 0.717) is 0 Å². The molecular formula is C17H39NO3Si2. The van der Waals surface area contributed by atoms with Crippen molar-refractivity contribution in [3.8, 4) is 0 Å². The lowest BCUT2D eigenvalue weighted by atomic mass is 10.2. The van der Waals surface area contributed by atoms with E-state index in [1.165, 1.54) is 0 Å². The SMILES string of the molecule is CC[Si](CC)(CC)OC(=O)C(C)CN(C)CCC[Si](C)(C)OC. The molecule has 0 spiro atoms. The van der Waals surface area contributed by atoms with Gasteiger partial charge >= 0.3 is 0 Å². The summed E-state index contributed by atoms with van der Waals surface area (Å²) in [6, 6.07) is 4.21. The molecule has 1 unspecified atom stereocenters. The van der Waals surface area contributed by atoms with Gasteiger partial charge in [-0.25, -0.2) is 0 Å². The van der Waals surface area contributed by atoms with Crippen LogP contribution in [0.3, 0.4) is 0 Å². The number of carbonyl (C=O) groups excluding carboxylic acids is 1. The Morgan fingerprint density at radius 2 is 1.65 bits per heavy atom. The molecule has 138 valence electrons. The van der Waals surface area contributed by atoms with E-state index in [1.54, 1.807) is 0 Å². The summed E-state index contributed by atoms with van der Waals surface area (Å²) in [5.41, 5.74) is 0. The van der Waals surface area contributed by atoms with Crippen LogP contribution < -0.4 is 0 Å². The summed E-state index contributed by atoms with van der Waals surface area (Å²) in [5.74, 6) is -0.0510. The molecule has 1 atom stereocenters. The second-order valence-corrected chi connectivity index (χ2v) is 16.5. The van der Waals surface area contributed by atoms with Gasteiger partial charge in [-0.3, -0.25) is 4.79 Å². The van der Waals surface area contributed by atoms with Crippen molar-refractivity contribution in [3.63, 3.8) is 0 Å². The molecule has 0 bridgehead atoms. The third-order valence-corrected chi connectivity index (χ3v) is 12.3. The van der Waals surface area contributed by atoms with Gasteiger partial charge in [0.15, 0.2) is 8.32 Å². The van der Waals surface area contributed by atoms with Crippen LogP contribution in [-0.4, -0.2) is 54.8 Å². The van der Waals surface area contributed by atoms with E-state index in [4.69, 9.17) is 8.85 Å². The summed E-state index contributed by atoms with van der Waals surface area (Å²) in [6.45, 7) is 14.7. The van der Waals surface area contributed by atoms with Crippen LogP contribution in [0, 0.1) is 5.92 Å². The van der Waals surface area contributed by atoms with Crippen molar-refractivity contribution in [1.82, 2.24) is 4.90 Å². The van der Waals surface area contributed by atoms with Gasteiger partial charge in [0.25, 0.3) is 14.3 Å². The molecule has 23 heavy (non-hydrogen) atoms. The average molecular weight is 362 g/mol. The maximum atomic E-state index is 12.4. The molecule has 4 nitrogen and oxygen atoms in total. The average Bonchev–Trinajstić information content (AvgIpc) is 2.52. The maximum absolute atomic E-state index is 12.4. The highest BCUT2D eigenvalue weighted by Gasteiger charge is 2.34. The maximum Gasteiger partial charge on any atom is 0.296 e. The molecule has 0 aliphatic rings. The molecule has 0 amide bonds. The molecule has 0 saturated carbocycles. The van der Waals surface area contributed by atoms with Crippen molar-refractivity contribution < 1.29 is 13.6 Å². The van der Waals surface area contributed by atoms with Gasteiger partial charge < -0.3 is 13.8 Å². The van der Waals surface area contributed by atoms with Gasteiger partial charge in [-0.2, -0.15) is 0 Å². The Kier molecular flexibility index (Phi) is 10.6. The monoisotopic (exact) mass is 361 g/mol. The molecule has 0 N–H and O–H groups in total. The molecule has 0 fully saturated rings. The highest BCUT2D eigenvalue weighted by Crippen LogP contribution is 2.23. The minimum absolute atomic E-state index is 0.000614. The van der Waals surface area contributed by atoms with E-state index in [9.17, 15) is 4.79 Å². The lowest BCUT2D eigenvalue weighted by Crippen LogP contribution is -2.41. The number of rotatable bonds is 12. The van der Waals surface area contributed by atoms with E-state index in [-0.39, 0.29) is 11.9 Å². The van der Waals surface area contributed by atoms with Gasteiger partial charge in [-0.15, -0.1) is 0 Å². The Bertz CT molecular complexity index is 338. The van der Waals surface area contributed by atoms with E-state index in [2.05, 4.69) is 45.8 Å². The van der Waals surface area contributed by atoms with Crippen LogP contribution in [0.25, 0.3) is 0 Å². The zero-order valence-corrected chi connectivity index (χ0v) is 18.7. The van der Waals surface area contributed by atoms with Crippen molar-refractivity contribution in [2.24, 2.45) is 5.92 Å². The van der Waals surface area contributed by atoms with Gasteiger partial charge in [0.1, 0.15) is 0 Å². The summed E-state index contributed by atoms with van der Waals surface area (Å²) in [5, 5.41) is 0. The van der Waals surface area contributed by atoms with Gasteiger partial charge in [0.2, 0.25) is 0 Å². The van der Waals surface area contributed by atoms with Crippen molar-refractivity contribution in [2.45, 2.75) is 71.4 Å². The minimum Gasteiger partial charge on any atom is -0.519 e. The van der Waals surface area contributed by atoms with E-state index in [0.717, 1.165) is 43.7 Å². The predicted octanol–water partition coefficient (Wildman–Crippen LogP) is 4.34. The Morgan fingerprint density at radius 3 is 2.09 bits per heavy atom.